The van der Waals surface area contributed by atoms with Gasteiger partial charge in [-0.3, -0.25) is 0 Å². The maximum atomic E-state index is 14.2. The fourth-order valence-electron chi connectivity index (χ4n) is 2.47. The van der Waals surface area contributed by atoms with Gasteiger partial charge < -0.3 is 0 Å². The molecule has 0 fully saturated rings. The molecule has 0 aliphatic carbocycles. The number of aromatic nitrogens is 2. The standard InChI is InChI=1S/C16H8F7N3O2S/c17-9-5-10(18)14(19)15(20)13(9)11-6-12(16(21,22)23)25-26(11)7-1-3-8(4-2-7)29(24,27)28/h1-6H,(H2,24,27,28). The van der Waals surface area contributed by atoms with Gasteiger partial charge in [-0.25, -0.2) is 35.8 Å². The molecule has 1 aromatic heterocycles. The van der Waals surface area contributed by atoms with Crippen LogP contribution in [0.1, 0.15) is 5.69 Å². The molecule has 3 rings (SSSR count). The Labute approximate surface area is 158 Å². The molecule has 2 N–H and O–H groups in total. The summed E-state index contributed by atoms with van der Waals surface area (Å²) < 4.78 is 117. The Balaban J connectivity index is 2.30. The van der Waals surface area contributed by atoms with Crippen molar-refractivity contribution in [3.05, 3.63) is 65.4 Å². The molecule has 0 aliphatic rings. The molecule has 154 valence electrons. The van der Waals surface area contributed by atoms with E-state index in [9.17, 15) is 39.2 Å². The second-order valence-electron chi connectivity index (χ2n) is 5.71. The van der Waals surface area contributed by atoms with Crippen LogP contribution in [0.25, 0.3) is 16.9 Å². The molecule has 13 heteroatoms. The molecule has 0 bridgehead atoms. The maximum absolute atomic E-state index is 14.2. The van der Waals surface area contributed by atoms with E-state index in [1.54, 1.807) is 0 Å². The Bertz CT molecular complexity index is 1200. The maximum Gasteiger partial charge on any atom is 0.435 e. The van der Waals surface area contributed by atoms with E-state index in [4.69, 9.17) is 5.14 Å². The molecular formula is C16H8F7N3O2S. The number of rotatable bonds is 3. The van der Waals surface area contributed by atoms with Crippen molar-refractivity contribution >= 4 is 10.0 Å². The number of primary sulfonamides is 1. The van der Waals surface area contributed by atoms with E-state index in [0.29, 0.717) is 4.68 Å². The van der Waals surface area contributed by atoms with Crippen molar-refractivity contribution in [2.24, 2.45) is 5.14 Å². The summed E-state index contributed by atoms with van der Waals surface area (Å²) in [5.74, 6) is -7.69. The van der Waals surface area contributed by atoms with Crippen LogP contribution in [0.3, 0.4) is 0 Å². The highest BCUT2D eigenvalue weighted by Gasteiger charge is 2.36. The lowest BCUT2D eigenvalue weighted by molar-refractivity contribution is -0.141. The van der Waals surface area contributed by atoms with Gasteiger partial charge in [0.1, 0.15) is 5.82 Å². The van der Waals surface area contributed by atoms with Crippen LogP contribution >= 0.6 is 0 Å². The lowest BCUT2D eigenvalue weighted by atomic mass is 10.1. The Kier molecular flexibility index (Phi) is 4.91. The Morgan fingerprint density at radius 2 is 1.48 bits per heavy atom. The second-order valence-corrected chi connectivity index (χ2v) is 7.27. The van der Waals surface area contributed by atoms with Gasteiger partial charge in [-0.1, -0.05) is 0 Å². The summed E-state index contributed by atoms with van der Waals surface area (Å²) in [5.41, 5.74) is -4.00. The number of alkyl halides is 3. The molecule has 0 unspecified atom stereocenters. The molecule has 0 amide bonds. The summed E-state index contributed by atoms with van der Waals surface area (Å²) in [6.45, 7) is 0. The average Bonchev–Trinajstić information content (AvgIpc) is 3.04. The number of hydrogen-bond donors (Lipinski definition) is 1. The van der Waals surface area contributed by atoms with Crippen molar-refractivity contribution in [1.29, 1.82) is 0 Å². The van der Waals surface area contributed by atoms with E-state index in [0.717, 1.165) is 24.3 Å². The highest BCUT2D eigenvalue weighted by molar-refractivity contribution is 7.89. The van der Waals surface area contributed by atoms with Crippen LogP contribution in [0.5, 0.6) is 0 Å². The summed E-state index contributed by atoms with van der Waals surface area (Å²) in [7, 11) is -4.13. The third-order valence-electron chi connectivity index (χ3n) is 3.78. The normalized spacial score (nSPS) is 12.4. The Morgan fingerprint density at radius 3 is 2.00 bits per heavy atom. The van der Waals surface area contributed by atoms with Gasteiger partial charge in [0.05, 0.1) is 21.8 Å². The fourth-order valence-corrected chi connectivity index (χ4v) is 2.99. The van der Waals surface area contributed by atoms with Crippen molar-refractivity contribution in [1.82, 2.24) is 9.78 Å². The molecule has 0 saturated carbocycles. The van der Waals surface area contributed by atoms with Gasteiger partial charge in [-0.15, -0.1) is 0 Å². The van der Waals surface area contributed by atoms with Crippen LogP contribution in [0.4, 0.5) is 30.7 Å². The quantitative estimate of drug-likeness (QED) is 0.384. The van der Waals surface area contributed by atoms with Gasteiger partial charge in [-0.05, 0) is 30.3 Å². The highest BCUT2D eigenvalue weighted by atomic mass is 32.2. The zero-order valence-corrected chi connectivity index (χ0v) is 14.6. The van der Waals surface area contributed by atoms with Crippen molar-refractivity contribution in [2.45, 2.75) is 11.1 Å². The van der Waals surface area contributed by atoms with E-state index in [1.807, 2.05) is 0 Å². The van der Waals surface area contributed by atoms with Crippen molar-refractivity contribution in [2.75, 3.05) is 0 Å². The van der Waals surface area contributed by atoms with E-state index in [2.05, 4.69) is 5.10 Å². The number of halogens is 7. The summed E-state index contributed by atoms with van der Waals surface area (Å²) in [6.07, 6.45) is -5.04. The number of hydrogen-bond acceptors (Lipinski definition) is 3. The van der Waals surface area contributed by atoms with Crippen LogP contribution in [-0.4, -0.2) is 18.2 Å². The number of sulfonamides is 1. The third kappa shape index (κ3) is 3.82. The van der Waals surface area contributed by atoms with Crippen LogP contribution in [0.15, 0.2) is 41.3 Å². The molecule has 29 heavy (non-hydrogen) atoms. The first-order chi connectivity index (χ1) is 13.3. The van der Waals surface area contributed by atoms with Gasteiger partial charge >= 0.3 is 6.18 Å². The number of nitrogens with zero attached hydrogens (tertiary/aromatic N) is 2. The van der Waals surface area contributed by atoms with E-state index < -0.39 is 61.3 Å². The molecule has 5 nitrogen and oxygen atoms in total. The van der Waals surface area contributed by atoms with E-state index in [-0.39, 0.29) is 17.8 Å². The minimum absolute atomic E-state index is 0.0254. The second kappa shape index (κ2) is 6.84. The predicted octanol–water partition coefficient (Wildman–Crippen LogP) is 3.76. The van der Waals surface area contributed by atoms with E-state index in [1.165, 1.54) is 0 Å². The summed E-state index contributed by atoms with van der Waals surface area (Å²) in [4.78, 5) is -0.392. The minimum Gasteiger partial charge on any atom is -0.232 e. The van der Waals surface area contributed by atoms with Crippen LogP contribution in [-0.2, 0) is 16.2 Å². The Hall–Kier alpha value is -2.93. The molecule has 2 aromatic carbocycles. The predicted molar refractivity (Wildman–Crippen MR) is 85.2 cm³/mol. The first kappa shape index (κ1) is 20.8. The molecule has 0 saturated heterocycles. The van der Waals surface area contributed by atoms with Crippen molar-refractivity contribution < 1.29 is 39.2 Å². The third-order valence-corrected chi connectivity index (χ3v) is 4.71. The van der Waals surface area contributed by atoms with Gasteiger partial charge in [0, 0.05) is 6.07 Å². The van der Waals surface area contributed by atoms with Crippen LogP contribution in [0, 0.1) is 23.3 Å². The number of nitrogens with two attached hydrogens (primary N) is 1. The van der Waals surface area contributed by atoms with Gasteiger partial charge in [0.2, 0.25) is 10.0 Å². The van der Waals surface area contributed by atoms with Crippen LogP contribution in [0.2, 0.25) is 0 Å². The minimum atomic E-state index is -5.04. The zero-order valence-electron chi connectivity index (χ0n) is 13.8. The zero-order chi connectivity index (χ0) is 21.7. The van der Waals surface area contributed by atoms with Gasteiger partial charge in [0.25, 0.3) is 0 Å². The average molecular weight is 439 g/mol. The molecule has 0 atom stereocenters. The smallest absolute Gasteiger partial charge is 0.232 e. The summed E-state index contributed by atoms with van der Waals surface area (Å²) in [6, 6.07) is 3.98. The first-order valence-corrected chi connectivity index (χ1v) is 8.99. The molecule has 1 heterocycles. The lowest BCUT2D eigenvalue weighted by Crippen LogP contribution is -2.12. The summed E-state index contributed by atoms with van der Waals surface area (Å²) >= 11 is 0. The number of benzene rings is 2. The molecule has 0 radical (unpaired) electrons. The highest BCUT2D eigenvalue weighted by Crippen LogP contribution is 2.36. The largest absolute Gasteiger partial charge is 0.435 e. The monoisotopic (exact) mass is 439 g/mol. The van der Waals surface area contributed by atoms with Crippen molar-refractivity contribution in [3.8, 4) is 16.9 Å². The molecule has 3 aromatic rings. The van der Waals surface area contributed by atoms with E-state index >= 15 is 0 Å². The van der Waals surface area contributed by atoms with Crippen molar-refractivity contribution in [3.63, 3.8) is 0 Å². The van der Waals surface area contributed by atoms with Crippen LogP contribution < -0.4 is 5.14 Å². The SMILES string of the molecule is NS(=O)(=O)c1ccc(-n2nc(C(F)(F)F)cc2-c2c(F)cc(F)c(F)c2F)cc1. The van der Waals surface area contributed by atoms with Gasteiger partial charge in [-0.2, -0.15) is 18.3 Å². The van der Waals surface area contributed by atoms with Gasteiger partial charge in [0.15, 0.2) is 23.1 Å². The first-order valence-electron chi connectivity index (χ1n) is 7.44. The molecule has 0 aliphatic heterocycles. The fraction of sp³-hybridized carbons (Fsp3) is 0.0625. The Morgan fingerprint density at radius 1 is 0.897 bits per heavy atom. The lowest BCUT2D eigenvalue weighted by Gasteiger charge is -2.10. The molecule has 0 spiro atoms. The summed E-state index contributed by atoms with van der Waals surface area (Å²) in [5, 5.41) is 8.14. The topological polar surface area (TPSA) is 78.0 Å². The molecular weight excluding hydrogens is 431 g/mol.